The molecule has 3 N–H and O–H groups in total. The van der Waals surface area contributed by atoms with Gasteiger partial charge in [0.05, 0.1) is 12.3 Å². The lowest BCUT2D eigenvalue weighted by molar-refractivity contribution is 0.0996. The Morgan fingerprint density at radius 1 is 1.35 bits per heavy atom. The summed E-state index contributed by atoms with van der Waals surface area (Å²) < 4.78 is 5.77. The van der Waals surface area contributed by atoms with E-state index < -0.39 is 5.91 Å². The van der Waals surface area contributed by atoms with Gasteiger partial charge in [-0.3, -0.25) is 4.79 Å². The van der Waals surface area contributed by atoms with Crippen molar-refractivity contribution in [1.82, 2.24) is 15.0 Å². The van der Waals surface area contributed by atoms with Crippen LogP contribution in [0.25, 0.3) is 11.0 Å². The van der Waals surface area contributed by atoms with Crippen LogP contribution < -0.4 is 15.4 Å². The molecule has 0 bridgehead atoms. The van der Waals surface area contributed by atoms with E-state index in [1.54, 1.807) is 12.3 Å². The van der Waals surface area contributed by atoms with Gasteiger partial charge in [0.1, 0.15) is 11.3 Å². The maximum absolute atomic E-state index is 11.7. The lowest BCUT2D eigenvalue weighted by Gasteiger charge is -2.24. The van der Waals surface area contributed by atoms with Gasteiger partial charge in [-0.1, -0.05) is 0 Å². The fourth-order valence-corrected chi connectivity index (χ4v) is 2.82. The molecule has 1 aliphatic heterocycles. The van der Waals surface area contributed by atoms with Crippen molar-refractivity contribution in [1.29, 1.82) is 0 Å². The first kappa shape index (κ1) is 13.6. The van der Waals surface area contributed by atoms with E-state index in [9.17, 15) is 4.79 Å². The van der Waals surface area contributed by atoms with E-state index in [1.807, 2.05) is 29.3 Å². The Balaban J connectivity index is 1.92. The highest BCUT2D eigenvalue weighted by Crippen LogP contribution is 2.37. The fraction of sp³-hybridized carbons (Fsp3) is 0.188. The molecule has 0 fully saturated rings. The summed E-state index contributed by atoms with van der Waals surface area (Å²) in [5.74, 6) is -0.0141. The van der Waals surface area contributed by atoms with E-state index in [0.717, 1.165) is 23.1 Å². The molecule has 7 heteroatoms. The normalized spacial score (nSPS) is 14.2. The first-order chi connectivity index (χ1) is 11.2. The summed E-state index contributed by atoms with van der Waals surface area (Å²) in [6.07, 6.45) is 4.20. The number of nitrogens with two attached hydrogens (primary N) is 1. The molecule has 4 heterocycles. The third kappa shape index (κ3) is 2.26. The number of fused-ring (bicyclic) bond motifs is 2. The number of nitrogens with one attached hydrogen (secondary N) is 1. The van der Waals surface area contributed by atoms with Gasteiger partial charge in [0.15, 0.2) is 5.69 Å². The number of ether oxygens (including phenoxy) is 1. The van der Waals surface area contributed by atoms with Crippen molar-refractivity contribution < 1.29 is 9.53 Å². The Kier molecular flexibility index (Phi) is 3.11. The number of nitrogens with zero attached hydrogens (tertiary/aromatic N) is 3. The molecule has 0 aromatic carbocycles. The Morgan fingerprint density at radius 3 is 3.13 bits per heavy atom. The third-order valence-corrected chi connectivity index (χ3v) is 3.85. The summed E-state index contributed by atoms with van der Waals surface area (Å²) in [4.78, 5) is 25.4. The monoisotopic (exact) mass is 309 g/mol. The number of pyridine rings is 2. The molecular formula is C16H15N5O2. The maximum atomic E-state index is 11.7. The van der Waals surface area contributed by atoms with Crippen molar-refractivity contribution in [2.75, 3.05) is 18.1 Å². The molecule has 0 radical (unpaired) electrons. The van der Waals surface area contributed by atoms with Crippen molar-refractivity contribution in [3.05, 3.63) is 42.4 Å². The topological polar surface area (TPSA) is 97.1 Å². The van der Waals surface area contributed by atoms with Crippen molar-refractivity contribution in [3.63, 3.8) is 0 Å². The minimum atomic E-state index is -0.553. The number of H-pyrrole nitrogens is 1. The highest BCUT2D eigenvalue weighted by Gasteiger charge is 2.24. The van der Waals surface area contributed by atoms with E-state index in [0.29, 0.717) is 24.7 Å². The highest BCUT2D eigenvalue weighted by molar-refractivity contribution is 5.98. The molecule has 0 atom stereocenters. The fourth-order valence-electron chi connectivity index (χ4n) is 2.82. The van der Waals surface area contributed by atoms with Gasteiger partial charge in [0, 0.05) is 24.3 Å². The van der Waals surface area contributed by atoms with Gasteiger partial charge < -0.3 is 20.4 Å². The number of hydrogen-bond acceptors (Lipinski definition) is 5. The van der Waals surface area contributed by atoms with Gasteiger partial charge in [0.25, 0.3) is 5.91 Å². The molecule has 0 saturated heterocycles. The van der Waals surface area contributed by atoms with Gasteiger partial charge in [-0.2, -0.15) is 4.98 Å². The quantitative estimate of drug-likeness (QED) is 0.754. The molecule has 7 nitrogen and oxygen atoms in total. The molecule has 0 spiro atoms. The lowest BCUT2D eigenvalue weighted by atomic mass is 10.2. The number of aromatic nitrogens is 3. The second-order valence-corrected chi connectivity index (χ2v) is 5.32. The molecule has 1 amide bonds. The summed E-state index contributed by atoms with van der Waals surface area (Å²) in [6, 6.07) is 7.57. The van der Waals surface area contributed by atoms with Crippen LogP contribution in [0.2, 0.25) is 0 Å². The molecule has 3 aromatic rings. The zero-order valence-corrected chi connectivity index (χ0v) is 12.3. The zero-order chi connectivity index (χ0) is 15.8. The van der Waals surface area contributed by atoms with Crippen LogP contribution in [0, 0.1) is 0 Å². The molecule has 4 rings (SSSR count). The molecule has 3 aromatic heterocycles. The number of amides is 1. The molecule has 0 aliphatic carbocycles. The molecular weight excluding hydrogens is 294 g/mol. The van der Waals surface area contributed by atoms with Crippen LogP contribution in [0.1, 0.15) is 16.9 Å². The van der Waals surface area contributed by atoms with E-state index in [4.69, 9.17) is 10.5 Å². The number of rotatable bonds is 2. The number of anilines is 2. The summed E-state index contributed by atoms with van der Waals surface area (Å²) in [5, 5.41) is 0.976. The van der Waals surface area contributed by atoms with E-state index in [1.165, 1.54) is 0 Å². The largest absolute Gasteiger partial charge is 0.476 e. The van der Waals surface area contributed by atoms with Gasteiger partial charge in [-0.05, 0) is 30.7 Å². The van der Waals surface area contributed by atoms with Crippen LogP contribution >= 0.6 is 0 Å². The second-order valence-electron chi connectivity index (χ2n) is 5.32. The molecule has 0 saturated carbocycles. The minimum Gasteiger partial charge on any atom is -0.476 e. The Morgan fingerprint density at radius 2 is 2.26 bits per heavy atom. The predicted molar refractivity (Wildman–Crippen MR) is 86.0 cm³/mol. The average Bonchev–Trinajstić information content (AvgIpc) is 2.91. The number of primary amides is 1. The molecule has 0 unspecified atom stereocenters. The van der Waals surface area contributed by atoms with Crippen LogP contribution in [0.3, 0.4) is 0 Å². The van der Waals surface area contributed by atoms with Crippen LogP contribution in [0.4, 0.5) is 11.4 Å². The first-order valence-electron chi connectivity index (χ1n) is 7.37. The van der Waals surface area contributed by atoms with Crippen molar-refractivity contribution in [2.24, 2.45) is 5.73 Å². The summed E-state index contributed by atoms with van der Waals surface area (Å²) in [5.41, 5.74) is 7.97. The Bertz CT molecular complexity index is 889. The van der Waals surface area contributed by atoms with Gasteiger partial charge in [0.2, 0.25) is 5.88 Å². The van der Waals surface area contributed by atoms with E-state index in [2.05, 4.69) is 15.0 Å². The van der Waals surface area contributed by atoms with Crippen LogP contribution in [-0.4, -0.2) is 34.0 Å². The maximum Gasteiger partial charge on any atom is 0.269 e. The number of carbonyl (C=O) groups excluding carboxylic acids is 1. The summed E-state index contributed by atoms with van der Waals surface area (Å²) in [6.45, 7) is 1.26. The van der Waals surface area contributed by atoms with Crippen molar-refractivity contribution in [2.45, 2.75) is 6.42 Å². The predicted octanol–water partition coefficient (Wildman–Crippen LogP) is 1.98. The highest BCUT2D eigenvalue weighted by atomic mass is 16.5. The second kappa shape index (κ2) is 5.28. The zero-order valence-electron chi connectivity index (χ0n) is 12.3. The summed E-state index contributed by atoms with van der Waals surface area (Å²) >= 11 is 0. The number of hydrogen-bond donors (Lipinski definition) is 2. The standard InChI is InChI=1S/C16H15N5O2/c17-14(22)13-11(3-1-5-18-13)21-7-2-8-23-16-12(21)9-10-4-6-19-15(10)20-16/h1,3-6,9H,2,7-8H2,(H2,17,22)(H,19,20). The lowest BCUT2D eigenvalue weighted by Crippen LogP contribution is -2.23. The number of aromatic amines is 1. The van der Waals surface area contributed by atoms with Crippen LogP contribution in [0.15, 0.2) is 36.7 Å². The van der Waals surface area contributed by atoms with Crippen molar-refractivity contribution in [3.8, 4) is 5.88 Å². The SMILES string of the molecule is NC(=O)c1ncccc1N1CCCOc2nc3[nH]ccc3cc21. The third-order valence-electron chi connectivity index (χ3n) is 3.85. The summed E-state index contributed by atoms with van der Waals surface area (Å²) in [7, 11) is 0. The molecule has 23 heavy (non-hydrogen) atoms. The Labute approximate surface area is 132 Å². The smallest absolute Gasteiger partial charge is 0.269 e. The van der Waals surface area contributed by atoms with Gasteiger partial charge in [-0.15, -0.1) is 0 Å². The molecule has 1 aliphatic rings. The van der Waals surface area contributed by atoms with Gasteiger partial charge in [-0.25, -0.2) is 4.98 Å². The van der Waals surface area contributed by atoms with Crippen molar-refractivity contribution >= 4 is 28.3 Å². The minimum absolute atomic E-state index is 0.245. The van der Waals surface area contributed by atoms with Crippen LogP contribution in [0.5, 0.6) is 5.88 Å². The van der Waals surface area contributed by atoms with Gasteiger partial charge >= 0.3 is 0 Å². The molecule has 116 valence electrons. The number of carbonyl (C=O) groups is 1. The average molecular weight is 309 g/mol. The first-order valence-corrected chi connectivity index (χ1v) is 7.37. The van der Waals surface area contributed by atoms with Crippen LogP contribution in [-0.2, 0) is 0 Å². The van der Waals surface area contributed by atoms with E-state index >= 15 is 0 Å². The Hall–Kier alpha value is -3.09. The van der Waals surface area contributed by atoms with E-state index in [-0.39, 0.29) is 5.69 Å².